The first-order valence-corrected chi connectivity index (χ1v) is 12.5. The number of nitrogens with one attached hydrogen (secondary N) is 1. The van der Waals surface area contributed by atoms with Gasteiger partial charge < -0.3 is 9.80 Å². The molecule has 0 bridgehead atoms. The maximum Gasteiger partial charge on any atom is 0.293 e. The van der Waals surface area contributed by atoms with Crippen LogP contribution in [0.15, 0.2) is 23.1 Å². The molecule has 32 heavy (non-hydrogen) atoms. The Morgan fingerprint density at radius 1 is 1.06 bits per heavy atom. The molecule has 0 unspecified atom stereocenters. The van der Waals surface area contributed by atoms with Gasteiger partial charge in [0.2, 0.25) is 15.9 Å². The molecule has 1 aromatic carbocycles. The number of benzene rings is 1. The Morgan fingerprint density at radius 3 is 2.25 bits per heavy atom. The molecule has 2 aliphatic heterocycles. The van der Waals surface area contributed by atoms with Crippen LogP contribution in [0.4, 0.5) is 11.4 Å². The van der Waals surface area contributed by atoms with Crippen molar-refractivity contribution in [3.05, 3.63) is 28.3 Å². The van der Waals surface area contributed by atoms with Crippen LogP contribution in [-0.4, -0.2) is 80.4 Å². The highest BCUT2D eigenvalue weighted by Gasteiger charge is 2.29. The molecule has 0 atom stereocenters. The summed E-state index contributed by atoms with van der Waals surface area (Å²) >= 11 is 0. The minimum atomic E-state index is -3.88. The van der Waals surface area contributed by atoms with Gasteiger partial charge in [-0.2, -0.15) is 0 Å². The fraction of sp³-hybridized carbons (Fsp3) is 0.667. The molecule has 0 spiro atoms. The SMILES string of the molecule is CC(C)(C)NS(=O)(=O)c1ccc(N2CCN(CC(=O)N3CCCCC3)CC2)c([N+](=O)[O-])c1. The van der Waals surface area contributed by atoms with E-state index in [1.165, 1.54) is 18.6 Å². The third-order valence-corrected chi connectivity index (χ3v) is 7.43. The number of piperidine rings is 1. The highest BCUT2D eigenvalue weighted by Crippen LogP contribution is 2.32. The molecule has 0 radical (unpaired) electrons. The number of likely N-dealkylation sites (tertiary alicyclic amines) is 1. The van der Waals surface area contributed by atoms with E-state index >= 15 is 0 Å². The first-order chi connectivity index (χ1) is 15.0. The molecule has 1 N–H and O–H groups in total. The fourth-order valence-electron chi connectivity index (χ4n) is 4.13. The number of carbonyl (C=O) groups excluding carboxylic acids is 1. The topological polar surface area (TPSA) is 116 Å². The zero-order chi connectivity index (χ0) is 23.5. The molecular weight excluding hydrogens is 434 g/mol. The third kappa shape index (κ3) is 6.17. The average Bonchev–Trinajstić information content (AvgIpc) is 2.73. The van der Waals surface area contributed by atoms with E-state index in [1.54, 1.807) is 20.8 Å². The number of rotatable bonds is 6. The number of nitro benzene ring substituents is 1. The van der Waals surface area contributed by atoms with Gasteiger partial charge in [0, 0.05) is 50.9 Å². The first kappa shape index (κ1) is 24.4. The standard InChI is InChI=1S/C21H33N5O5S/c1-21(2,3)22-32(30,31)17-7-8-18(19(15-17)26(28)29)24-13-11-23(12-14-24)16-20(27)25-9-5-4-6-10-25/h7-8,15,22H,4-6,9-14,16H2,1-3H3. The summed E-state index contributed by atoms with van der Waals surface area (Å²) in [5, 5.41) is 11.7. The Bertz CT molecular complexity index is 946. The molecule has 0 aromatic heterocycles. The van der Waals surface area contributed by atoms with Crippen molar-refractivity contribution in [1.29, 1.82) is 0 Å². The highest BCUT2D eigenvalue weighted by molar-refractivity contribution is 7.89. The lowest BCUT2D eigenvalue weighted by molar-refractivity contribution is -0.384. The van der Waals surface area contributed by atoms with Crippen molar-refractivity contribution < 1.29 is 18.1 Å². The summed E-state index contributed by atoms with van der Waals surface area (Å²) in [4.78, 5) is 29.4. The van der Waals surface area contributed by atoms with Crippen LogP contribution in [0.5, 0.6) is 0 Å². The molecule has 0 saturated carbocycles. The van der Waals surface area contributed by atoms with Gasteiger partial charge in [-0.25, -0.2) is 13.1 Å². The smallest absolute Gasteiger partial charge is 0.293 e. The quantitative estimate of drug-likeness (QED) is 0.501. The summed E-state index contributed by atoms with van der Waals surface area (Å²) in [5.41, 5.74) is -0.542. The van der Waals surface area contributed by atoms with Crippen LogP contribution in [0.25, 0.3) is 0 Å². The van der Waals surface area contributed by atoms with Crippen molar-refractivity contribution in [2.45, 2.75) is 50.5 Å². The van der Waals surface area contributed by atoms with Crippen molar-refractivity contribution in [2.24, 2.45) is 0 Å². The molecule has 178 valence electrons. The van der Waals surface area contributed by atoms with Gasteiger partial charge >= 0.3 is 0 Å². The van der Waals surface area contributed by atoms with Crippen LogP contribution in [0.2, 0.25) is 0 Å². The van der Waals surface area contributed by atoms with Gasteiger partial charge in [-0.05, 0) is 52.2 Å². The predicted molar refractivity (Wildman–Crippen MR) is 122 cm³/mol. The van der Waals surface area contributed by atoms with Crippen LogP contribution >= 0.6 is 0 Å². The van der Waals surface area contributed by atoms with Gasteiger partial charge in [0.25, 0.3) is 5.69 Å². The van der Waals surface area contributed by atoms with Crippen molar-refractivity contribution in [1.82, 2.24) is 14.5 Å². The Kier molecular flexibility index (Phi) is 7.41. The van der Waals surface area contributed by atoms with Crippen LogP contribution in [0.3, 0.4) is 0 Å². The van der Waals surface area contributed by atoms with Gasteiger partial charge in [0.1, 0.15) is 5.69 Å². The second kappa shape index (κ2) is 9.72. The number of nitro groups is 1. The Labute approximate surface area is 189 Å². The molecule has 2 saturated heterocycles. The number of nitrogens with zero attached hydrogens (tertiary/aromatic N) is 4. The Hall–Kier alpha value is -2.24. The molecule has 1 aromatic rings. The largest absolute Gasteiger partial charge is 0.363 e. The average molecular weight is 468 g/mol. The van der Waals surface area contributed by atoms with E-state index in [-0.39, 0.29) is 16.5 Å². The third-order valence-electron chi connectivity index (χ3n) is 5.68. The number of anilines is 1. The molecule has 2 fully saturated rings. The van der Waals surface area contributed by atoms with Crippen molar-refractivity contribution in [2.75, 3.05) is 50.7 Å². The van der Waals surface area contributed by atoms with Crippen molar-refractivity contribution in [3.63, 3.8) is 0 Å². The lowest BCUT2D eigenvalue weighted by Crippen LogP contribution is -2.50. The summed E-state index contributed by atoms with van der Waals surface area (Å²) in [6.07, 6.45) is 3.29. The van der Waals surface area contributed by atoms with E-state index in [2.05, 4.69) is 9.62 Å². The number of hydrogen-bond acceptors (Lipinski definition) is 7. The van der Waals surface area contributed by atoms with E-state index in [0.717, 1.165) is 32.0 Å². The van der Waals surface area contributed by atoms with E-state index in [9.17, 15) is 23.3 Å². The molecule has 11 heteroatoms. The maximum atomic E-state index is 12.6. The maximum absolute atomic E-state index is 12.6. The summed E-state index contributed by atoms with van der Waals surface area (Å²) < 4.78 is 27.7. The van der Waals surface area contributed by atoms with E-state index in [0.29, 0.717) is 38.4 Å². The number of carbonyl (C=O) groups is 1. The first-order valence-electron chi connectivity index (χ1n) is 11.0. The molecule has 0 aliphatic carbocycles. The zero-order valence-corrected chi connectivity index (χ0v) is 19.9. The predicted octanol–water partition coefficient (Wildman–Crippen LogP) is 1.81. The van der Waals surface area contributed by atoms with Crippen molar-refractivity contribution in [3.8, 4) is 0 Å². The second-order valence-corrected chi connectivity index (χ2v) is 11.2. The van der Waals surface area contributed by atoms with Gasteiger partial charge in [-0.15, -0.1) is 0 Å². The molecule has 2 heterocycles. The van der Waals surface area contributed by atoms with Crippen LogP contribution in [0, 0.1) is 10.1 Å². The number of sulfonamides is 1. The Balaban J connectivity index is 1.68. The minimum Gasteiger partial charge on any atom is -0.363 e. The second-order valence-electron chi connectivity index (χ2n) is 9.47. The molecular formula is C21H33N5O5S. The van der Waals surface area contributed by atoms with Crippen LogP contribution in [-0.2, 0) is 14.8 Å². The minimum absolute atomic E-state index is 0.131. The number of hydrogen-bond donors (Lipinski definition) is 1. The monoisotopic (exact) mass is 467 g/mol. The summed E-state index contributed by atoms with van der Waals surface area (Å²) in [6.45, 7) is 9.43. The zero-order valence-electron chi connectivity index (χ0n) is 19.0. The lowest BCUT2D eigenvalue weighted by Gasteiger charge is -2.37. The fourth-order valence-corrected chi connectivity index (χ4v) is 5.57. The van der Waals surface area contributed by atoms with Gasteiger partial charge in [-0.1, -0.05) is 0 Å². The van der Waals surface area contributed by atoms with Gasteiger partial charge in [0.15, 0.2) is 0 Å². The molecule has 2 aliphatic rings. The van der Waals surface area contributed by atoms with Gasteiger partial charge in [0.05, 0.1) is 16.4 Å². The molecule has 10 nitrogen and oxygen atoms in total. The van der Waals surface area contributed by atoms with E-state index in [1.807, 2.05) is 9.80 Å². The van der Waals surface area contributed by atoms with Crippen LogP contribution < -0.4 is 9.62 Å². The van der Waals surface area contributed by atoms with Crippen LogP contribution in [0.1, 0.15) is 40.0 Å². The Morgan fingerprint density at radius 2 is 1.69 bits per heavy atom. The van der Waals surface area contributed by atoms with E-state index in [4.69, 9.17) is 0 Å². The lowest BCUT2D eigenvalue weighted by atomic mass is 10.1. The number of amides is 1. The summed E-state index contributed by atoms with van der Waals surface area (Å²) in [5.74, 6) is 0.144. The van der Waals surface area contributed by atoms with Gasteiger partial charge in [-0.3, -0.25) is 19.8 Å². The normalized spacial score (nSPS) is 18.6. The highest BCUT2D eigenvalue weighted by atomic mass is 32.2. The number of piperazine rings is 1. The molecule has 3 rings (SSSR count). The summed E-state index contributed by atoms with van der Waals surface area (Å²) in [6, 6.07) is 4.03. The van der Waals surface area contributed by atoms with E-state index < -0.39 is 20.5 Å². The van der Waals surface area contributed by atoms with Crippen molar-refractivity contribution >= 4 is 27.3 Å². The molecule has 1 amide bonds. The summed E-state index contributed by atoms with van der Waals surface area (Å²) in [7, 11) is -3.88.